The lowest BCUT2D eigenvalue weighted by Crippen LogP contribution is -2.38. The molecule has 0 bridgehead atoms. The van der Waals surface area contributed by atoms with Crippen LogP contribution in [0.3, 0.4) is 0 Å². The van der Waals surface area contributed by atoms with Gasteiger partial charge < -0.3 is 10.1 Å². The van der Waals surface area contributed by atoms with Gasteiger partial charge in [-0.3, -0.25) is 9.10 Å². The second-order valence-electron chi connectivity index (χ2n) is 9.42. The van der Waals surface area contributed by atoms with Gasteiger partial charge in [0.05, 0.1) is 22.6 Å². The van der Waals surface area contributed by atoms with E-state index in [1.54, 1.807) is 36.4 Å². The van der Waals surface area contributed by atoms with Crippen molar-refractivity contribution in [1.29, 1.82) is 0 Å². The van der Waals surface area contributed by atoms with Crippen LogP contribution in [0, 0.1) is 6.92 Å². The molecule has 1 fully saturated rings. The molecule has 3 aromatic carbocycles. The smallest absolute Gasteiger partial charge is 0.264 e. The summed E-state index contributed by atoms with van der Waals surface area (Å²) >= 11 is 0. The molecule has 208 valence electrons. The molecule has 3 aromatic rings. The minimum absolute atomic E-state index is 0.0480. The fraction of sp³-hybridized carbons (Fsp3) is 0.321. The predicted octanol–water partition coefficient (Wildman–Crippen LogP) is 4.40. The molecule has 0 radical (unpaired) electrons. The lowest BCUT2D eigenvalue weighted by molar-refractivity contribution is -0.114. The Bertz CT molecular complexity index is 1500. The monoisotopic (exact) mass is 571 g/mol. The molecule has 1 saturated heterocycles. The lowest BCUT2D eigenvalue weighted by atomic mass is 10.2. The molecule has 1 N–H and O–H groups in total. The number of methoxy groups -OCH3 is 1. The fourth-order valence-corrected chi connectivity index (χ4v) is 7.32. The SMILES string of the molecule is COc1cccc(N(CC(=O)Nc2ccc(S(=O)(=O)N3CCCCCC3)cc2)S(=O)(=O)c2ccc(C)cc2)c1. The van der Waals surface area contributed by atoms with Gasteiger partial charge in [0.25, 0.3) is 10.0 Å². The highest BCUT2D eigenvalue weighted by atomic mass is 32.2. The van der Waals surface area contributed by atoms with E-state index < -0.39 is 32.5 Å². The average molecular weight is 572 g/mol. The summed E-state index contributed by atoms with van der Waals surface area (Å²) in [6, 6.07) is 18.8. The van der Waals surface area contributed by atoms with Gasteiger partial charge in [-0.15, -0.1) is 0 Å². The maximum atomic E-state index is 13.6. The number of amides is 1. The van der Waals surface area contributed by atoms with Crippen LogP contribution in [-0.4, -0.2) is 53.8 Å². The number of hydrogen-bond acceptors (Lipinski definition) is 6. The van der Waals surface area contributed by atoms with E-state index in [4.69, 9.17) is 4.74 Å². The summed E-state index contributed by atoms with van der Waals surface area (Å²) in [5.74, 6) is -0.144. The van der Waals surface area contributed by atoms with Crippen molar-refractivity contribution in [3.05, 3.63) is 78.4 Å². The van der Waals surface area contributed by atoms with E-state index in [0.29, 0.717) is 24.5 Å². The van der Waals surface area contributed by atoms with Gasteiger partial charge >= 0.3 is 0 Å². The van der Waals surface area contributed by atoms with Crippen LogP contribution in [0.5, 0.6) is 5.75 Å². The molecule has 0 atom stereocenters. The van der Waals surface area contributed by atoms with Gasteiger partial charge in [0.2, 0.25) is 15.9 Å². The Morgan fingerprint density at radius 2 is 1.49 bits per heavy atom. The first-order valence-corrected chi connectivity index (χ1v) is 15.6. The van der Waals surface area contributed by atoms with Gasteiger partial charge in [0.1, 0.15) is 12.3 Å². The summed E-state index contributed by atoms with van der Waals surface area (Å²) in [5.41, 5.74) is 1.53. The van der Waals surface area contributed by atoms with Crippen LogP contribution in [0.1, 0.15) is 31.2 Å². The summed E-state index contributed by atoms with van der Waals surface area (Å²) in [4.78, 5) is 13.3. The third-order valence-corrected chi connectivity index (χ3v) is 10.3. The van der Waals surface area contributed by atoms with Gasteiger partial charge in [0, 0.05) is 24.8 Å². The van der Waals surface area contributed by atoms with Gasteiger partial charge in [-0.25, -0.2) is 16.8 Å². The van der Waals surface area contributed by atoms with E-state index >= 15 is 0 Å². The minimum atomic E-state index is -4.09. The minimum Gasteiger partial charge on any atom is -0.497 e. The first-order chi connectivity index (χ1) is 18.6. The molecule has 1 amide bonds. The van der Waals surface area contributed by atoms with E-state index in [0.717, 1.165) is 35.6 Å². The largest absolute Gasteiger partial charge is 0.497 e. The van der Waals surface area contributed by atoms with Crippen LogP contribution in [-0.2, 0) is 24.8 Å². The molecule has 0 spiro atoms. The Morgan fingerprint density at radius 1 is 0.872 bits per heavy atom. The maximum Gasteiger partial charge on any atom is 0.264 e. The zero-order chi connectivity index (χ0) is 28.0. The third-order valence-electron chi connectivity index (χ3n) is 6.58. The lowest BCUT2D eigenvalue weighted by Gasteiger charge is -2.24. The predicted molar refractivity (Wildman–Crippen MR) is 151 cm³/mol. The molecule has 11 heteroatoms. The Labute approximate surface area is 230 Å². The molecular formula is C28H33N3O6S2. The topological polar surface area (TPSA) is 113 Å². The highest BCUT2D eigenvalue weighted by Gasteiger charge is 2.28. The molecular weight excluding hydrogens is 538 g/mol. The number of anilines is 2. The zero-order valence-corrected chi connectivity index (χ0v) is 23.7. The zero-order valence-electron chi connectivity index (χ0n) is 22.0. The first-order valence-electron chi connectivity index (χ1n) is 12.7. The van der Waals surface area contributed by atoms with Crippen molar-refractivity contribution in [1.82, 2.24) is 4.31 Å². The molecule has 0 unspecified atom stereocenters. The highest BCUT2D eigenvalue weighted by Crippen LogP contribution is 2.28. The van der Waals surface area contributed by atoms with E-state index in [1.165, 1.54) is 47.8 Å². The maximum absolute atomic E-state index is 13.6. The second kappa shape index (κ2) is 12.2. The Hall–Kier alpha value is -3.41. The highest BCUT2D eigenvalue weighted by molar-refractivity contribution is 7.92. The van der Waals surface area contributed by atoms with Crippen LogP contribution >= 0.6 is 0 Å². The fourth-order valence-electron chi connectivity index (χ4n) is 4.39. The third kappa shape index (κ3) is 6.78. The number of aryl methyl sites for hydroxylation is 1. The van der Waals surface area contributed by atoms with Gasteiger partial charge in [-0.05, 0) is 68.3 Å². The number of carbonyl (C=O) groups is 1. The molecule has 1 heterocycles. The van der Waals surface area contributed by atoms with Crippen LogP contribution in [0.2, 0.25) is 0 Å². The van der Waals surface area contributed by atoms with Gasteiger partial charge in [-0.2, -0.15) is 4.31 Å². The number of sulfonamides is 2. The summed E-state index contributed by atoms with van der Waals surface area (Å²) in [7, 11) is -6.24. The van der Waals surface area contributed by atoms with Crippen molar-refractivity contribution < 1.29 is 26.4 Å². The molecule has 9 nitrogen and oxygen atoms in total. The van der Waals surface area contributed by atoms with Crippen LogP contribution in [0.25, 0.3) is 0 Å². The number of hydrogen-bond donors (Lipinski definition) is 1. The molecule has 1 aliphatic heterocycles. The summed E-state index contributed by atoms with van der Waals surface area (Å²) in [6.45, 7) is 2.35. The number of carbonyl (C=O) groups excluding carboxylic acids is 1. The Balaban J connectivity index is 1.55. The van der Waals surface area contributed by atoms with Crippen molar-refractivity contribution in [3.8, 4) is 5.75 Å². The number of ether oxygens (including phenoxy) is 1. The summed E-state index contributed by atoms with van der Waals surface area (Å²) in [6.07, 6.45) is 3.71. The van der Waals surface area contributed by atoms with Crippen molar-refractivity contribution >= 4 is 37.3 Å². The Morgan fingerprint density at radius 3 is 2.10 bits per heavy atom. The quantitative estimate of drug-likeness (QED) is 0.407. The molecule has 4 rings (SSSR count). The van der Waals surface area contributed by atoms with E-state index in [9.17, 15) is 21.6 Å². The first kappa shape index (κ1) is 28.6. The van der Waals surface area contributed by atoms with E-state index in [-0.39, 0.29) is 15.5 Å². The summed E-state index contributed by atoms with van der Waals surface area (Å²) < 4.78 is 61.1. The van der Waals surface area contributed by atoms with Crippen molar-refractivity contribution in [2.45, 2.75) is 42.4 Å². The molecule has 1 aliphatic rings. The normalized spacial score (nSPS) is 14.8. The number of nitrogens with one attached hydrogen (secondary N) is 1. The van der Waals surface area contributed by atoms with Crippen molar-refractivity contribution in [2.75, 3.05) is 36.4 Å². The van der Waals surface area contributed by atoms with E-state index in [1.807, 2.05) is 6.92 Å². The average Bonchev–Trinajstić information content (AvgIpc) is 3.23. The van der Waals surface area contributed by atoms with Crippen LogP contribution in [0.15, 0.2) is 82.6 Å². The number of nitrogens with zero attached hydrogens (tertiary/aromatic N) is 2. The van der Waals surface area contributed by atoms with Crippen molar-refractivity contribution in [3.63, 3.8) is 0 Å². The Kier molecular flexibility index (Phi) is 8.94. The molecule has 39 heavy (non-hydrogen) atoms. The van der Waals surface area contributed by atoms with E-state index in [2.05, 4.69) is 5.32 Å². The standard InChI is InChI=1S/C28H33N3O6S2/c1-22-10-14-27(15-11-22)39(35,36)31(24-8-7-9-25(20-24)37-2)21-28(32)29-23-12-16-26(17-13-23)38(33,34)30-18-5-3-4-6-19-30/h7-17,20H,3-6,18-19,21H2,1-2H3,(H,29,32). The van der Waals surface area contributed by atoms with Crippen molar-refractivity contribution in [2.24, 2.45) is 0 Å². The van der Waals surface area contributed by atoms with Gasteiger partial charge in [0.15, 0.2) is 0 Å². The van der Waals surface area contributed by atoms with Crippen LogP contribution < -0.4 is 14.4 Å². The molecule has 0 aromatic heterocycles. The molecule has 0 aliphatic carbocycles. The summed E-state index contributed by atoms with van der Waals surface area (Å²) in [5, 5.41) is 2.69. The van der Waals surface area contributed by atoms with Crippen LogP contribution in [0.4, 0.5) is 11.4 Å². The second-order valence-corrected chi connectivity index (χ2v) is 13.2. The number of benzene rings is 3. The number of rotatable bonds is 9. The van der Waals surface area contributed by atoms with Gasteiger partial charge in [-0.1, -0.05) is 36.6 Å². The molecule has 0 saturated carbocycles.